The van der Waals surface area contributed by atoms with Crippen molar-refractivity contribution in [1.82, 2.24) is 14.1 Å². The molecule has 8 heteroatoms. The van der Waals surface area contributed by atoms with Gasteiger partial charge in [0.05, 0.1) is 11.4 Å². The van der Waals surface area contributed by atoms with Gasteiger partial charge >= 0.3 is 5.69 Å². The number of fused-ring (bicyclic) bond motifs is 1. The second kappa shape index (κ2) is 3.69. The van der Waals surface area contributed by atoms with Crippen LogP contribution in [0.5, 0.6) is 0 Å². The second-order valence-corrected chi connectivity index (χ2v) is 3.76. The van der Waals surface area contributed by atoms with Crippen LogP contribution in [0.4, 0.5) is 0 Å². The van der Waals surface area contributed by atoms with Crippen molar-refractivity contribution >= 4 is 17.0 Å². The molecule has 2 aromatic rings. The van der Waals surface area contributed by atoms with Crippen molar-refractivity contribution in [3.05, 3.63) is 42.8 Å². The van der Waals surface area contributed by atoms with Gasteiger partial charge < -0.3 is 14.9 Å². The van der Waals surface area contributed by atoms with Crippen LogP contribution in [0.2, 0.25) is 0 Å². The maximum atomic E-state index is 11.9. The van der Waals surface area contributed by atoms with Crippen molar-refractivity contribution in [1.29, 1.82) is 0 Å². The molecule has 2 heterocycles. The van der Waals surface area contributed by atoms with E-state index in [0.717, 1.165) is 15.2 Å². The molecule has 8 nitrogen and oxygen atoms in total. The number of nitrogens with one attached hydrogen (secondary N) is 1. The summed E-state index contributed by atoms with van der Waals surface area (Å²) in [6, 6.07) is 0.754. The molecule has 2 rings (SSSR count). The summed E-state index contributed by atoms with van der Waals surface area (Å²) in [7, 11) is 2.54. The number of nitrogens with zero attached hydrogens (tertiary/aromatic N) is 2. The van der Waals surface area contributed by atoms with Crippen molar-refractivity contribution in [2.24, 2.45) is 14.1 Å². The van der Waals surface area contributed by atoms with Crippen LogP contribution in [-0.4, -0.2) is 20.1 Å². The van der Waals surface area contributed by atoms with Gasteiger partial charge in [-0.05, 0) is 0 Å². The van der Waals surface area contributed by atoms with Gasteiger partial charge in [0.1, 0.15) is 5.65 Å². The molecule has 0 aliphatic carbocycles. The first-order valence-corrected chi connectivity index (χ1v) is 4.89. The van der Waals surface area contributed by atoms with Gasteiger partial charge in [0.2, 0.25) is 5.56 Å². The normalized spacial score (nSPS) is 10.8. The molecule has 0 spiro atoms. The van der Waals surface area contributed by atoms with E-state index in [9.17, 15) is 24.3 Å². The lowest BCUT2D eigenvalue weighted by atomic mass is 10.2. The summed E-state index contributed by atoms with van der Waals surface area (Å²) in [6.45, 7) is 0. The Bertz CT molecular complexity index is 839. The molecular formula is C10H8N3O5-. The van der Waals surface area contributed by atoms with Gasteiger partial charge in [0.15, 0.2) is 0 Å². The molecular weight excluding hydrogens is 242 g/mol. The lowest BCUT2D eigenvalue weighted by Gasteiger charge is -2.10. The molecule has 0 amide bonds. The van der Waals surface area contributed by atoms with E-state index in [4.69, 9.17) is 0 Å². The zero-order chi connectivity index (χ0) is 13.6. The van der Waals surface area contributed by atoms with Crippen LogP contribution in [0.15, 0.2) is 20.4 Å². The van der Waals surface area contributed by atoms with Crippen molar-refractivity contribution in [2.45, 2.75) is 0 Å². The van der Waals surface area contributed by atoms with Crippen LogP contribution in [-0.2, 0) is 14.1 Å². The Hall–Kier alpha value is -2.64. The lowest BCUT2D eigenvalue weighted by molar-refractivity contribution is -0.254. The zero-order valence-electron chi connectivity index (χ0n) is 9.51. The Labute approximate surface area is 98.7 Å². The van der Waals surface area contributed by atoms with Crippen LogP contribution < -0.4 is 21.9 Å². The number of carboxylic acids is 1. The van der Waals surface area contributed by atoms with Gasteiger partial charge in [-0.1, -0.05) is 0 Å². The highest BCUT2D eigenvalue weighted by Crippen LogP contribution is 2.07. The van der Waals surface area contributed by atoms with E-state index in [0.29, 0.717) is 0 Å². The van der Waals surface area contributed by atoms with Crippen molar-refractivity contribution in [3.63, 3.8) is 0 Å². The van der Waals surface area contributed by atoms with E-state index in [2.05, 4.69) is 4.98 Å². The maximum Gasteiger partial charge on any atom is 0.332 e. The molecule has 0 atom stereocenters. The van der Waals surface area contributed by atoms with E-state index in [1.807, 2.05) is 0 Å². The monoisotopic (exact) mass is 250 g/mol. The lowest BCUT2D eigenvalue weighted by Crippen LogP contribution is -2.39. The highest BCUT2D eigenvalue weighted by Gasteiger charge is 2.14. The number of hydrogen-bond acceptors (Lipinski definition) is 5. The first-order valence-electron chi connectivity index (χ1n) is 4.89. The van der Waals surface area contributed by atoms with E-state index < -0.39 is 28.3 Å². The molecule has 0 saturated heterocycles. The van der Waals surface area contributed by atoms with Gasteiger partial charge in [-0.15, -0.1) is 0 Å². The van der Waals surface area contributed by atoms with Gasteiger partial charge in [-0.3, -0.25) is 18.7 Å². The quantitative estimate of drug-likeness (QED) is 0.590. The van der Waals surface area contributed by atoms with Crippen LogP contribution >= 0.6 is 0 Å². The van der Waals surface area contributed by atoms with Gasteiger partial charge in [0, 0.05) is 25.7 Å². The van der Waals surface area contributed by atoms with Crippen LogP contribution in [0.25, 0.3) is 11.0 Å². The van der Waals surface area contributed by atoms with Crippen molar-refractivity contribution < 1.29 is 9.90 Å². The fourth-order valence-corrected chi connectivity index (χ4v) is 1.75. The standard InChI is InChI=1S/C10H9N3O5/c1-12-7-6(8(15)13(2)10(12)18)4(9(16)17)3-5(14)11-7/h3H,1-2H3,(H,11,14)(H,16,17)/p-1. The molecule has 0 aliphatic heterocycles. The van der Waals surface area contributed by atoms with Crippen molar-refractivity contribution in [2.75, 3.05) is 0 Å². The Morgan fingerprint density at radius 2 is 1.83 bits per heavy atom. The number of carbonyl (C=O) groups is 1. The fraction of sp³-hybridized carbons (Fsp3) is 0.200. The molecule has 0 bridgehead atoms. The number of aryl methyl sites for hydroxylation is 1. The SMILES string of the molecule is Cn1c(=O)c2c(C(=O)[O-])cc(=O)[nH]c2n(C)c1=O. The average molecular weight is 250 g/mol. The smallest absolute Gasteiger partial charge is 0.332 e. The molecule has 18 heavy (non-hydrogen) atoms. The van der Waals surface area contributed by atoms with Gasteiger partial charge in [0.25, 0.3) is 5.56 Å². The molecule has 1 N–H and O–H groups in total. The number of aromatic carboxylic acids is 1. The number of hydrogen-bond donors (Lipinski definition) is 1. The summed E-state index contributed by atoms with van der Waals surface area (Å²) in [5, 5.41) is 10.7. The predicted octanol–water partition coefficient (Wildman–Crippen LogP) is -2.71. The zero-order valence-corrected chi connectivity index (χ0v) is 9.51. The second-order valence-electron chi connectivity index (χ2n) is 3.76. The molecule has 2 aromatic heterocycles. The summed E-state index contributed by atoms with van der Waals surface area (Å²) in [6.07, 6.45) is 0. The third-order valence-electron chi connectivity index (χ3n) is 2.67. The minimum Gasteiger partial charge on any atom is -0.545 e. The van der Waals surface area contributed by atoms with E-state index >= 15 is 0 Å². The van der Waals surface area contributed by atoms with Gasteiger partial charge in [-0.2, -0.15) is 0 Å². The van der Waals surface area contributed by atoms with Crippen LogP contribution in [0.1, 0.15) is 10.4 Å². The highest BCUT2D eigenvalue weighted by atomic mass is 16.4. The van der Waals surface area contributed by atoms with E-state index in [1.54, 1.807) is 0 Å². The first kappa shape index (κ1) is 11.8. The molecule has 0 aliphatic rings. The number of pyridine rings is 1. The minimum absolute atomic E-state index is 0.144. The summed E-state index contributed by atoms with van der Waals surface area (Å²) < 4.78 is 1.75. The van der Waals surface area contributed by atoms with Crippen LogP contribution in [0, 0.1) is 0 Å². The largest absolute Gasteiger partial charge is 0.545 e. The summed E-state index contributed by atoms with van der Waals surface area (Å²) in [4.78, 5) is 48.0. The average Bonchev–Trinajstić information content (AvgIpc) is 2.32. The molecule has 0 saturated carbocycles. The van der Waals surface area contributed by atoms with E-state index in [1.165, 1.54) is 14.1 Å². The Morgan fingerprint density at radius 3 is 2.39 bits per heavy atom. The summed E-state index contributed by atoms with van der Waals surface area (Å²) >= 11 is 0. The fourth-order valence-electron chi connectivity index (χ4n) is 1.75. The topological polar surface area (TPSA) is 117 Å². The highest BCUT2D eigenvalue weighted by molar-refractivity contribution is 5.99. The van der Waals surface area contributed by atoms with Crippen LogP contribution in [0.3, 0.4) is 0 Å². The Balaban J connectivity index is 3.27. The molecule has 94 valence electrons. The number of carboxylic acid groups (broad SMARTS) is 1. The summed E-state index contributed by atoms with van der Waals surface area (Å²) in [5.41, 5.74) is -2.88. The molecule has 0 unspecified atom stereocenters. The van der Waals surface area contributed by atoms with E-state index in [-0.39, 0.29) is 11.0 Å². The third-order valence-corrected chi connectivity index (χ3v) is 2.67. The number of rotatable bonds is 1. The number of carbonyl (C=O) groups excluding carboxylic acids is 1. The third kappa shape index (κ3) is 1.46. The predicted molar refractivity (Wildman–Crippen MR) is 59.4 cm³/mol. The van der Waals surface area contributed by atoms with Crippen molar-refractivity contribution in [3.8, 4) is 0 Å². The van der Waals surface area contributed by atoms with Gasteiger partial charge in [-0.25, -0.2) is 4.79 Å². The maximum absolute atomic E-state index is 11.9. The Kier molecular flexibility index (Phi) is 2.43. The minimum atomic E-state index is -1.65. The first-order chi connectivity index (χ1) is 8.34. The Morgan fingerprint density at radius 1 is 1.22 bits per heavy atom. The number of H-pyrrole nitrogens is 1. The molecule has 0 radical (unpaired) electrons. The summed E-state index contributed by atoms with van der Waals surface area (Å²) in [5.74, 6) is -1.65. The molecule has 0 aromatic carbocycles. The number of aromatic amines is 1. The molecule has 0 fully saturated rings. The number of aromatic nitrogens is 3.